The molecule has 0 aromatic heterocycles. The Morgan fingerprint density at radius 1 is 0.906 bits per heavy atom. The van der Waals surface area contributed by atoms with Crippen LogP contribution in [0.25, 0.3) is 0 Å². The molecule has 0 unspecified atom stereocenters. The maximum Gasteiger partial charge on any atom is 0.264 e. The monoisotopic (exact) mass is 484 g/mol. The zero-order valence-corrected chi connectivity index (χ0v) is 19.1. The van der Waals surface area contributed by atoms with Crippen molar-refractivity contribution in [2.45, 2.75) is 41.0 Å². The van der Waals surface area contributed by atoms with E-state index in [9.17, 15) is 16.8 Å². The third kappa shape index (κ3) is 4.74. The highest BCUT2D eigenvalue weighted by Gasteiger charge is 2.57. The summed E-state index contributed by atoms with van der Waals surface area (Å²) in [7, 11) is -6.90. The van der Waals surface area contributed by atoms with Gasteiger partial charge in [0.2, 0.25) is 0 Å². The third-order valence-electron chi connectivity index (χ3n) is 5.30. The fraction of sp³-hybridized carbons (Fsp3) is 0.429. The van der Waals surface area contributed by atoms with E-state index in [1.807, 2.05) is 6.07 Å². The topological polar surface area (TPSA) is 114 Å². The van der Waals surface area contributed by atoms with Crippen LogP contribution < -0.4 is 0 Å². The first kappa shape index (κ1) is 23.3. The Morgan fingerprint density at radius 2 is 1.53 bits per heavy atom. The highest BCUT2D eigenvalue weighted by molar-refractivity contribution is 7.92. The van der Waals surface area contributed by atoms with Crippen molar-refractivity contribution in [3.05, 3.63) is 66.2 Å². The Morgan fingerprint density at radius 3 is 2.12 bits per heavy atom. The Balaban J connectivity index is 1.79. The van der Waals surface area contributed by atoms with Crippen molar-refractivity contribution in [3.8, 4) is 0 Å². The molecule has 174 valence electrons. The van der Waals surface area contributed by atoms with Crippen LogP contribution in [0.4, 0.5) is 0 Å². The van der Waals surface area contributed by atoms with E-state index in [4.69, 9.17) is 23.1 Å². The second kappa shape index (κ2) is 9.18. The van der Waals surface area contributed by atoms with E-state index in [0.29, 0.717) is 5.56 Å². The highest BCUT2D eigenvalue weighted by Crippen LogP contribution is 2.40. The Bertz CT molecular complexity index is 1120. The van der Waals surface area contributed by atoms with Crippen LogP contribution in [0.5, 0.6) is 0 Å². The van der Waals surface area contributed by atoms with Gasteiger partial charge in [0, 0.05) is 12.7 Å². The van der Waals surface area contributed by atoms with Crippen LogP contribution in [-0.4, -0.2) is 66.7 Å². The lowest BCUT2D eigenvalue weighted by Crippen LogP contribution is -2.65. The molecule has 0 spiro atoms. The van der Waals surface area contributed by atoms with Crippen molar-refractivity contribution >= 4 is 20.0 Å². The molecule has 9 nitrogen and oxygen atoms in total. The van der Waals surface area contributed by atoms with Crippen molar-refractivity contribution in [2.24, 2.45) is 0 Å². The first-order chi connectivity index (χ1) is 15.2. The van der Waals surface area contributed by atoms with Gasteiger partial charge in [0.15, 0.2) is 22.4 Å². The molecule has 2 aromatic carbocycles. The molecule has 0 amide bonds. The lowest BCUT2D eigenvalue weighted by atomic mass is 10.0. The minimum atomic E-state index is -4.13. The Kier molecular flexibility index (Phi) is 6.68. The summed E-state index contributed by atoms with van der Waals surface area (Å²) in [5.41, 5.74) is 0.691. The molecule has 2 saturated heterocycles. The van der Waals surface area contributed by atoms with Gasteiger partial charge >= 0.3 is 0 Å². The van der Waals surface area contributed by atoms with Crippen LogP contribution in [0.1, 0.15) is 11.9 Å². The predicted octanol–water partition coefficient (Wildman–Crippen LogP) is 1.66. The molecule has 2 aliphatic rings. The lowest BCUT2D eigenvalue weighted by molar-refractivity contribution is -0.328. The van der Waals surface area contributed by atoms with E-state index in [1.165, 1.54) is 19.2 Å². The molecule has 0 bridgehead atoms. The minimum absolute atomic E-state index is 0.00829. The number of sulfone groups is 1. The summed E-state index contributed by atoms with van der Waals surface area (Å²) in [6, 6.07) is 16.8. The number of fused-ring (bicyclic) bond motifs is 1. The zero-order valence-electron chi connectivity index (χ0n) is 17.4. The number of hydrogen-bond acceptors (Lipinski definition) is 9. The average Bonchev–Trinajstić information content (AvgIpc) is 2.78. The van der Waals surface area contributed by atoms with Crippen LogP contribution in [0.15, 0.2) is 65.6 Å². The molecule has 2 aliphatic heterocycles. The van der Waals surface area contributed by atoms with Crippen LogP contribution in [0.2, 0.25) is 0 Å². The largest absolute Gasteiger partial charge is 0.353 e. The number of hydrogen-bond donors (Lipinski definition) is 0. The standard InChI is InChI=1S/C21H24O9S2/c1-26-21-18(30-31(2,22)23)19(32(24,25)15-11-7-4-8-12-15)17-16(28-21)13-27-20(29-17)14-9-5-3-6-10-14/h3-12,16-21H,13H2,1-2H3/t16-,17-,18+,19-,20-,21-/m1/s1. The summed E-state index contributed by atoms with van der Waals surface area (Å²) in [4.78, 5) is 0.00829. The van der Waals surface area contributed by atoms with E-state index < -0.39 is 56.1 Å². The SMILES string of the molecule is CO[C@@H]1O[C@@H]2CO[C@@H](c3ccccc3)O[C@H]2[C@@H](S(=O)(=O)c2ccccc2)[C@@H]1OS(C)(=O)=O. The summed E-state index contributed by atoms with van der Waals surface area (Å²) in [5.74, 6) is 0. The van der Waals surface area contributed by atoms with Gasteiger partial charge in [-0.1, -0.05) is 48.5 Å². The van der Waals surface area contributed by atoms with E-state index >= 15 is 0 Å². The van der Waals surface area contributed by atoms with Crippen molar-refractivity contribution in [3.63, 3.8) is 0 Å². The zero-order chi connectivity index (χ0) is 22.9. The normalized spacial score (nSPS) is 31.1. The van der Waals surface area contributed by atoms with Gasteiger partial charge in [0.1, 0.15) is 23.6 Å². The van der Waals surface area contributed by atoms with Gasteiger partial charge in [-0.15, -0.1) is 0 Å². The smallest absolute Gasteiger partial charge is 0.264 e. The number of methoxy groups -OCH3 is 1. The molecule has 0 N–H and O–H groups in total. The van der Waals surface area contributed by atoms with Crippen LogP contribution >= 0.6 is 0 Å². The van der Waals surface area contributed by atoms with Gasteiger partial charge in [-0.3, -0.25) is 4.18 Å². The van der Waals surface area contributed by atoms with E-state index in [1.54, 1.807) is 42.5 Å². The van der Waals surface area contributed by atoms with E-state index in [-0.39, 0.29) is 11.5 Å². The molecule has 6 atom stereocenters. The molecule has 2 aromatic rings. The summed E-state index contributed by atoms with van der Waals surface area (Å²) in [6.07, 6.45) is -4.66. The number of rotatable bonds is 6. The van der Waals surface area contributed by atoms with Gasteiger partial charge in [-0.05, 0) is 12.1 Å². The van der Waals surface area contributed by atoms with E-state index in [0.717, 1.165) is 6.26 Å². The lowest BCUT2D eigenvalue weighted by Gasteiger charge is -2.48. The van der Waals surface area contributed by atoms with E-state index in [2.05, 4.69) is 0 Å². The number of benzene rings is 2. The van der Waals surface area contributed by atoms with Crippen molar-refractivity contribution in [2.75, 3.05) is 20.0 Å². The number of ether oxygens (including phenoxy) is 4. The molecule has 0 radical (unpaired) electrons. The first-order valence-electron chi connectivity index (χ1n) is 9.88. The fourth-order valence-corrected chi connectivity index (χ4v) is 6.61. The first-order valence-corrected chi connectivity index (χ1v) is 13.2. The van der Waals surface area contributed by atoms with Gasteiger partial charge in [0.25, 0.3) is 10.1 Å². The maximum absolute atomic E-state index is 13.7. The third-order valence-corrected chi connectivity index (χ3v) is 8.06. The van der Waals surface area contributed by atoms with Crippen LogP contribution in [0, 0.1) is 0 Å². The van der Waals surface area contributed by atoms with Crippen LogP contribution in [0.3, 0.4) is 0 Å². The second-order valence-electron chi connectivity index (χ2n) is 7.54. The Hall–Kier alpha value is -1.86. The fourth-order valence-electron chi connectivity index (χ4n) is 3.94. The van der Waals surface area contributed by atoms with Crippen molar-refractivity contribution < 1.29 is 40.0 Å². The van der Waals surface area contributed by atoms with Crippen LogP contribution in [-0.2, 0) is 43.1 Å². The minimum Gasteiger partial charge on any atom is -0.353 e. The van der Waals surface area contributed by atoms with Crippen molar-refractivity contribution in [1.29, 1.82) is 0 Å². The van der Waals surface area contributed by atoms with Gasteiger partial charge in [-0.2, -0.15) is 8.42 Å². The molecule has 32 heavy (non-hydrogen) atoms. The molecular weight excluding hydrogens is 460 g/mol. The molecule has 2 fully saturated rings. The van der Waals surface area contributed by atoms with Gasteiger partial charge in [-0.25, -0.2) is 8.42 Å². The predicted molar refractivity (Wildman–Crippen MR) is 113 cm³/mol. The summed E-state index contributed by atoms with van der Waals surface area (Å²) < 4.78 is 79.7. The highest BCUT2D eigenvalue weighted by atomic mass is 32.2. The quantitative estimate of drug-likeness (QED) is 0.565. The Labute approximate surface area is 187 Å². The summed E-state index contributed by atoms with van der Waals surface area (Å²) >= 11 is 0. The molecule has 4 rings (SSSR count). The average molecular weight is 485 g/mol. The summed E-state index contributed by atoms with van der Waals surface area (Å²) in [6.45, 7) is 0.0243. The van der Waals surface area contributed by atoms with Gasteiger partial charge in [0.05, 0.1) is 17.8 Å². The van der Waals surface area contributed by atoms with Gasteiger partial charge < -0.3 is 18.9 Å². The molecular formula is C21H24O9S2. The summed E-state index contributed by atoms with van der Waals surface area (Å²) in [5, 5.41) is -1.43. The van der Waals surface area contributed by atoms with Crippen molar-refractivity contribution in [1.82, 2.24) is 0 Å². The molecule has 0 saturated carbocycles. The molecule has 0 aliphatic carbocycles. The second-order valence-corrected chi connectivity index (χ2v) is 11.2. The maximum atomic E-state index is 13.7. The molecule has 2 heterocycles. The molecule has 11 heteroatoms.